The Morgan fingerprint density at radius 3 is 2.38 bits per heavy atom. The molecule has 3 aromatic carbocycles. The Bertz CT molecular complexity index is 1500. The van der Waals surface area contributed by atoms with Crippen molar-refractivity contribution in [2.45, 2.75) is 32.1 Å². The minimum atomic E-state index is -4.69. The third kappa shape index (κ3) is 5.66. The van der Waals surface area contributed by atoms with Crippen molar-refractivity contribution in [1.29, 1.82) is 0 Å². The predicted molar refractivity (Wildman–Crippen MR) is 139 cm³/mol. The first kappa shape index (κ1) is 26.8. The van der Waals surface area contributed by atoms with E-state index in [1.54, 1.807) is 12.1 Å². The number of hydrogen-bond acceptors (Lipinski definition) is 3. The van der Waals surface area contributed by atoms with Gasteiger partial charge in [0.05, 0.1) is 17.8 Å². The van der Waals surface area contributed by atoms with Gasteiger partial charge in [-0.2, -0.15) is 18.3 Å². The zero-order valence-corrected chi connectivity index (χ0v) is 21.1. The monoisotopic (exact) mass is 544 g/mol. The highest BCUT2D eigenvalue weighted by molar-refractivity contribution is 5.95. The highest BCUT2D eigenvalue weighted by Gasteiger charge is 2.35. The Morgan fingerprint density at radius 1 is 1.05 bits per heavy atom. The Balaban J connectivity index is 1.51. The predicted octanol–water partition coefficient (Wildman–Crippen LogP) is 7.25. The normalized spacial score (nSPS) is 16.2. The van der Waals surface area contributed by atoms with Crippen molar-refractivity contribution >= 4 is 16.6 Å². The van der Waals surface area contributed by atoms with Crippen LogP contribution in [-0.4, -0.2) is 40.4 Å². The van der Waals surface area contributed by atoms with Crippen LogP contribution < -0.4 is 5.32 Å². The van der Waals surface area contributed by atoms with Gasteiger partial charge in [0.2, 0.25) is 0 Å². The van der Waals surface area contributed by atoms with E-state index in [4.69, 9.17) is 0 Å². The number of benzene rings is 3. The first-order valence-corrected chi connectivity index (χ1v) is 12.4. The topological polar surface area (TPSA) is 33.1 Å². The third-order valence-corrected chi connectivity index (χ3v) is 6.78. The summed E-state index contributed by atoms with van der Waals surface area (Å²) in [7, 11) is 0. The van der Waals surface area contributed by atoms with Gasteiger partial charge in [0.1, 0.15) is 23.0 Å². The molecule has 0 bridgehead atoms. The lowest BCUT2D eigenvalue weighted by atomic mass is 10.0. The molecular formula is C29H26F6N4. The van der Waals surface area contributed by atoms with Gasteiger partial charge in [-0.25, -0.2) is 13.2 Å². The summed E-state index contributed by atoms with van der Waals surface area (Å²) in [4.78, 5) is 2.31. The van der Waals surface area contributed by atoms with Crippen LogP contribution >= 0.6 is 0 Å². The van der Waals surface area contributed by atoms with Crippen molar-refractivity contribution in [3.63, 3.8) is 0 Å². The van der Waals surface area contributed by atoms with Crippen LogP contribution in [-0.2, 0) is 12.7 Å². The molecule has 204 valence electrons. The zero-order chi connectivity index (χ0) is 27.9. The van der Waals surface area contributed by atoms with E-state index in [0.29, 0.717) is 17.7 Å². The molecule has 0 saturated carbocycles. The maximum absolute atomic E-state index is 14.5. The van der Waals surface area contributed by atoms with Gasteiger partial charge in [-0.3, -0.25) is 9.58 Å². The number of anilines is 1. The lowest BCUT2D eigenvalue weighted by molar-refractivity contribution is -0.136. The zero-order valence-electron chi connectivity index (χ0n) is 21.1. The molecule has 4 aromatic rings. The van der Waals surface area contributed by atoms with Crippen molar-refractivity contribution in [3.05, 3.63) is 95.3 Å². The van der Waals surface area contributed by atoms with Gasteiger partial charge in [-0.05, 0) is 31.5 Å². The van der Waals surface area contributed by atoms with Crippen LogP contribution in [0.2, 0.25) is 0 Å². The molecule has 1 atom stereocenters. The molecule has 0 unspecified atom stereocenters. The van der Waals surface area contributed by atoms with Crippen molar-refractivity contribution in [2.24, 2.45) is 0 Å². The van der Waals surface area contributed by atoms with E-state index in [9.17, 15) is 26.3 Å². The standard InChI is InChI=1S/C29H26F6N4/c1-17(2)14-38-11-10-21(15-38)36-20-8-6-18(7-9-20)28-22-4-3-5-24(29(33,34)35)27(22)37-39(28)16-23-25(31)12-19(30)13-26(23)32/h3-9,12-13,21,36H,1,10-11,14-16H2,2H3/t21-/m0/s1. The molecule has 2 heterocycles. The Labute approximate surface area is 221 Å². The maximum Gasteiger partial charge on any atom is 0.418 e. The molecule has 1 N–H and O–H groups in total. The van der Waals surface area contributed by atoms with Gasteiger partial charge in [-0.15, -0.1) is 0 Å². The highest BCUT2D eigenvalue weighted by atomic mass is 19.4. The smallest absolute Gasteiger partial charge is 0.381 e. The van der Waals surface area contributed by atoms with E-state index in [1.807, 2.05) is 19.1 Å². The number of fused-ring (bicyclic) bond motifs is 1. The van der Waals surface area contributed by atoms with E-state index in [1.165, 1.54) is 12.1 Å². The van der Waals surface area contributed by atoms with Gasteiger partial charge in [-0.1, -0.05) is 36.4 Å². The second kappa shape index (κ2) is 10.4. The average molecular weight is 545 g/mol. The molecule has 0 spiro atoms. The molecule has 1 aliphatic heterocycles. The number of aromatic nitrogens is 2. The Kier molecular flexibility index (Phi) is 7.15. The molecule has 10 heteroatoms. The molecule has 0 amide bonds. The molecule has 39 heavy (non-hydrogen) atoms. The van der Waals surface area contributed by atoms with E-state index in [-0.39, 0.29) is 22.6 Å². The summed E-state index contributed by atoms with van der Waals surface area (Å²) in [6.07, 6.45) is -3.73. The first-order chi connectivity index (χ1) is 18.5. The van der Waals surface area contributed by atoms with Crippen molar-refractivity contribution in [2.75, 3.05) is 25.0 Å². The number of rotatable bonds is 7. The molecule has 0 radical (unpaired) electrons. The summed E-state index contributed by atoms with van der Waals surface area (Å²) in [5.74, 6) is -3.39. The fourth-order valence-electron chi connectivity index (χ4n) is 5.11. The van der Waals surface area contributed by atoms with Gasteiger partial charge >= 0.3 is 6.18 Å². The number of nitrogens with one attached hydrogen (secondary N) is 1. The van der Waals surface area contributed by atoms with E-state index < -0.39 is 41.3 Å². The molecule has 1 fully saturated rings. The number of alkyl halides is 3. The lowest BCUT2D eigenvalue weighted by Gasteiger charge is -2.17. The largest absolute Gasteiger partial charge is 0.418 e. The van der Waals surface area contributed by atoms with Gasteiger partial charge in [0.25, 0.3) is 0 Å². The fourth-order valence-corrected chi connectivity index (χ4v) is 5.11. The van der Waals surface area contributed by atoms with Crippen LogP contribution in [0.25, 0.3) is 22.2 Å². The number of hydrogen-bond donors (Lipinski definition) is 1. The van der Waals surface area contributed by atoms with Crippen molar-refractivity contribution in [3.8, 4) is 11.3 Å². The van der Waals surface area contributed by atoms with Gasteiger partial charge < -0.3 is 5.32 Å². The maximum atomic E-state index is 14.5. The van der Waals surface area contributed by atoms with Crippen LogP contribution in [0.15, 0.2) is 66.7 Å². The molecule has 1 aromatic heterocycles. The molecule has 4 nitrogen and oxygen atoms in total. The van der Waals surface area contributed by atoms with Crippen molar-refractivity contribution in [1.82, 2.24) is 14.7 Å². The second-order valence-corrected chi connectivity index (χ2v) is 9.95. The number of nitrogens with zero attached hydrogens (tertiary/aromatic N) is 3. The highest BCUT2D eigenvalue weighted by Crippen LogP contribution is 2.38. The molecule has 0 aliphatic carbocycles. The van der Waals surface area contributed by atoms with Crippen LogP contribution in [0.3, 0.4) is 0 Å². The summed E-state index contributed by atoms with van der Waals surface area (Å²) in [6.45, 7) is 8.07. The first-order valence-electron chi connectivity index (χ1n) is 12.4. The van der Waals surface area contributed by atoms with Crippen LogP contribution in [0.1, 0.15) is 24.5 Å². The van der Waals surface area contributed by atoms with Crippen LogP contribution in [0.4, 0.5) is 32.0 Å². The summed E-state index contributed by atoms with van der Waals surface area (Å²) >= 11 is 0. The number of likely N-dealkylation sites (tertiary alicyclic amines) is 1. The van der Waals surface area contributed by atoms with Crippen LogP contribution in [0, 0.1) is 17.5 Å². The van der Waals surface area contributed by atoms with Crippen molar-refractivity contribution < 1.29 is 26.3 Å². The summed E-state index contributed by atoms with van der Waals surface area (Å²) < 4.78 is 84.9. The number of halogens is 6. The van der Waals surface area contributed by atoms with Gasteiger partial charge in [0, 0.05) is 60.0 Å². The van der Waals surface area contributed by atoms with E-state index in [0.717, 1.165) is 48.1 Å². The fraction of sp³-hybridized carbons (Fsp3) is 0.276. The lowest BCUT2D eigenvalue weighted by Crippen LogP contribution is -2.27. The average Bonchev–Trinajstić information content (AvgIpc) is 3.44. The quantitative estimate of drug-likeness (QED) is 0.197. The summed E-state index contributed by atoms with van der Waals surface area (Å²) in [5.41, 5.74) is 0.908. The molecule has 1 saturated heterocycles. The SMILES string of the molecule is C=C(C)CN1CC[C@H](Nc2ccc(-c3c4cccc(C(F)(F)F)c4nn3Cc3c(F)cc(F)cc3F)cc2)C1. The van der Waals surface area contributed by atoms with E-state index in [2.05, 4.69) is 21.9 Å². The molecule has 5 rings (SSSR count). The molecular weight excluding hydrogens is 518 g/mol. The molecule has 1 aliphatic rings. The minimum Gasteiger partial charge on any atom is -0.381 e. The summed E-state index contributed by atoms with van der Waals surface area (Å²) in [5, 5.41) is 7.79. The Morgan fingerprint density at radius 2 is 1.74 bits per heavy atom. The third-order valence-electron chi connectivity index (χ3n) is 6.78. The van der Waals surface area contributed by atoms with E-state index >= 15 is 0 Å². The van der Waals surface area contributed by atoms with Crippen LogP contribution in [0.5, 0.6) is 0 Å². The second-order valence-electron chi connectivity index (χ2n) is 9.95. The Hall–Kier alpha value is -3.79. The minimum absolute atomic E-state index is 0.180. The summed E-state index contributed by atoms with van der Waals surface area (Å²) in [6, 6.07) is 12.1. The van der Waals surface area contributed by atoms with Gasteiger partial charge in [0.15, 0.2) is 0 Å².